The molecule has 10 heteroatoms. The maximum Gasteiger partial charge on any atom is 0.264 e. The third kappa shape index (κ3) is 6.46. The normalized spacial score (nSPS) is 11.7. The van der Waals surface area contributed by atoms with Crippen LogP contribution < -0.4 is 4.74 Å². The van der Waals surface area contributed by atoms with E-state index >= 15 is 0 Å². The van der Waals surface area contributed by atoms with Gasteiger partial charge >= 0.3 is 0 Å². The van der Waals surface area contributed by atoms with Crippen molar-refractivity contribution in [3.05, 3.63) is 64.1 Å². The number of carbonyl (C=O) groups is 1. The second-order valence-corrected chi connectivity index (χ2v) is 11.2. The van der Waals surface area contributed by atoms with Crippen LogP contribution in [0.25, 0.3) is 0 Å². The fraction of sp³-hybridized carbons (Fsp3) is 0.417. The zero-order chi connectivity index (χ0) is 24.7. The monoisotopic (exact) mass is 505 g/mol. The fourth-order valence-corrected chi connectivity index (χ4v) is 5.84. The van der Waals surface area contributed by atoms with Gasteiger partial charge < -0.3 is 18.9 Å². The average Bonchev–Trinajstić information content (AvgIpc) is 3.47. The lowest BCUT2D eigenvalue weighted by Crippen LogP contribution is -2.34. The second-order valence-electron chi connectivity index (χ2n) is 8.34. The summed E-state index contributed by atoms with van der Waals surface area (Å²) in [5, 5.41) is 1.84. The molecule has 1 amide bonds. The highest BCUT2D eigenvalue weighted by Gasteiger charge is 2.26. The molecule has 0 spiro atoms. The first-order chi connectivity index (χ1) is 16.2. The largest absolute Gasteiger partial charge is 0.497 e. The van der Waals surface area contributed by atoms with E-state index in [2.05, 4.69) is 4.98 Å². The van der Waals surface area contributed by atoms with Crippen molar-refractivity contribution < 1.29 is 22.7 Å². The molecule has 0 saturated carbocycles. The molecule has 1 aromatic carbocycles. The van der Waals surface area contributed by atoms with Gasteiger partial charge in [0.2, 0.25) is 15.0 Å². The van der Waals surface area contributed by atoms with Crippen LogP contribution in [0.4, 0.5) is 0 Å². The molecule has 2 aromatic heterocycles. The van der Waals surface area contributed by atoms with E-state index in [1.807, 2.05) is 25.3 Å². The van der Waals surface area contributed by atoms with Gasteiger partial charge in [-0.1, -0.05) is 32.0 Å². The molecule has 0 aliphatic heterocycles. The minimum Gasteiger partial charge on any atom is -0.497 e. The van der Waals surface area contributed by atoms with Crippen molar-refractivity contribution in [2.75, 3.05) is 27.4 Å². The maximum atomic E-state index is 13.3. The van der Waals surface area contributed by atoms with Crippen molar-refractivity contribution in [1.29, 1.82) is 0 Å². The van der Waals surface area contributed by atoms with E-state index in [0.717, 1.165) is 0 Å². The van der Waals surface area contributed by atoms with Crippen LogP contribution in [0.1, 0.15) is 34.8 Å². The summed E-state index contributed by atoms with van der Waals surface area (Å²) < 4.78 is 38.8. The fourth-order valence-electron chi connectivity index (χ4n) is 3.65. The number of amides is 1. The highest BCUT2D eigenvalue weighted by Crippen LogP contribution is 2.22. The van der Waals surface area contributed by atoms with E-state index < -0.39 is 9.84 Å². The van der Waals surface area contributed by atoms with Gasteiger partial charge in [-0.3, -0.25) is 4.79 Å². The highest BCUT2D eigenvalue weighted by molar-refractivity contribution is 7.90. The third-order valence-corrected chi connectivity index (χ3v) is 7.60. The van der Waals surface area contributed by atoms with E-state index in [1.165, 1.54) is 18.4 Å². The molecule has 3 aromatic rings. The van der Waals surface area contributed by atoms with Gasteiger partial charge in [0.15, 0.2) is 0 Å². The molecule has 0 aliphatic carbocycles. The Hall–Kier alpha value is -2.69. The molecule has 0 atom stereocenters. The molecule has 0 aliphatic rings. The minimum atomic E-state index is -3.76. The van der Waals surface area contributed by atoms with Crippen molar-refractivity contribution in [2.45, 2.75) is 37.8 Å². The number of rotatable bonds is 12. The van der Waals surface area contributed by atoms with Crippen LogP contribution in [0.2, 0.25) is 0 Å². The Balaban J connectivity index is 1.93. The van der Waals surface area contributed by atoms with E-state index in [4.69, 9.17) is 9.47 Å². The molecule has 0 N–H and O–H groups in total. The number of thiophene rings is 1. The molecule has 34 heavy (non-hydrogen) atoms. The Morgan fingerprint density at radius 2 is 2.00 bits per heavy atom. The van der Waals surface area contributed by atoms with Crippen LogP contribution in [0.15, 0.2) is 53.1 Å². The first-order valence-corrected chi connectivity index (χ1v) is 13.5. The first-order valence-electron chi connectivity index (χ1n) is 11.0. The summed E-state index contributed by atoms with van der Waals surface area (Å²) >= 11 is 1.39. The standard InChI is InChI=1S/C24H31N3O5S2/c1-18(2)15-26(23(28)22-9-6-12-33-22)16-20-14-25-24(27(20)10-11-31-3)34(29,30)17-19-7-5-8-21(13-19)32-4/h5-9,12-14,18H,10-11,15-17H2,1-4H3. The summed E-state index contributed by atoms with van der Waals surface area (Å²) in [6.07, 6.45) is 1.54. The number of ether oxygens (including phenoxy) is 2. The quantitative estimate of drug-likeness (QED) is 0.371. The van der Waals surface area contributed by atoms with Gasteiger partial charge in [-0.05, 0) is 35.1 Å². The van der Waals surface area contributed by atoms with Crippen LogP contribution in [-0.2, 0) is 33.4 Å². The Morgan fingerprint density at radius 1 is 1.21 bits per heavy atom. The molecule has 184 valence electrons. The van der Waals surface area contributed by atoms with Crippen molar-refractivity contribution in [2.24, 2.45) is 5.92 Å². The van der Waals surface area contributed by atoms with E-state index in [9.17, 15) is 13.2 Å². The highest BCUT2D eigenvalue weighted by atomic mass is 32.2. The molecule has 0 radical (unpaired) electrons. The summed E-state index contributed by atoms with van der Waals surface area (Å²) in [6.45, 7) is 5.50. The molecule has 3 rings (SSSR count). The molecule has 0 unspecified atom stereocenters. The van der Waals surface area contributed by atoms with Gasteiger partial charge in [0.25, 0.3) is 5.91 Å². The molecule has 0 bridgehead atoms. The Labute approximate surface area is 205 Å². The van der Waals surface area contributed by atoms with Gasteiger partial charge in [0.1, 0.15) is 5.75 Å². The third-order valence-electron chi connectivity index (χ3n) is 5.15. The topological polar surface area (TPSA) is 90.7 Å². The smallest absolute Gasteiger partial charge is 0.264 e. The Kier molecular flexibility index (Phi) is 8.87. The SMILES string of the molecule is COCCn1c(CN(CC(C)C)C(=O)c2cccs2)cnc1S(=O)(=O)Cc1cccc(OC)c1. The van der Waals surface area contributed by atoms with Gasteiger partial charge in [-0.2, -0.15) is 0 Å². The number of benzene rings is 1. The Bertz CT molecular complexity index is 1190. The number of aromatic nitrogens is 2. The van der Waals surface area contributed by atoms with Crippen LogP contribution in [0.3, 0.4) is 0 Å². The van der Waals surface area contributed by atoms with Crippen LogP contribution in [0, 0.1) is 5.92 Å². The lowest BCUT2D eigenvalue weighted by Gasteiger charge is -2.25. The van der Waals surface area contributed by atoms with Crippen molar-refractivity contribution >= 4 is 27.1 Å². The van der Waals surface area contributed by atoms with Crippen LogP contribution >= 0.6 is 11.3 Å². The predicted molar refractivity (Wildman–Crippen MR) is 132 cm³/mol. The number of hydrogen-bond donors (Lipinski definition) is 0. The van der Waals surface area contributed by atoms with Gasteiger partial charge in [0.05, 0.1) is 42.8 Å². The van der Waals surface area contributed by atoms with Gasteiger partial charge in [-0.15, -0.1) is 11.3 Å². The zero-order valence-electron chi connectivity index (χ0n) is 19.9. The predicted octanol–water partition coefficient (Wildman–Crippen LogP) is 3.87. The Morgan fingerprint density at radius 3 is 2.65 bits per heavy atom. The van der Waals surface area contributed by atoms with E-state index in [0.29, 0.717) is 41.6 Å². The van der Waals surface area contributed by atoms with Crippen molar-refractivity contribution in [3.63, 3.8) is 0 Å². The van der Waals surface area contributed by atoms with Crippen molar-refractivity contribution in [1.82, 2.24) is 14.5 Å². The molecule has 2 heterocycles. The lowest BCUT2D eigenvalue weighted by molar-refractivity contribution is 0.0722. The summed E-state index contributed by atoms with van der Waals surface area (Å²) in [7, 11) is -0.660. The summed E-state index contributed by atoms with van der Waals surface area (Å²) in [4.78, 5) is 19.8. The average molecular weight is 506 g/mol. The second kappa shape index (κ2) is 11.6. The van der Waals surface area contributed by atoms with Crippen LogP contribution in [-0.4, -0.2) is 56.1 Å². The number of methoxy groups -OCH3 is 2. The molecule has 8 nitrogen and oxygen atoms in total. The lowest BCUT2D eigenvalue weighted by atomic mass is 10.2. The number of carbonyl (C=O) groups excluding carboxylic acids is 1. The molecular formula is C24H31N3O5S2. The molecule has 0 saturated heterocycles. The molecular weight excluding hydrogens is 474 g/mol. The van der Waals surface area contributed by atoms with E-state index in [-0.39, 0.29) is 29.3 Å². The number of nitrogens with zero attached hydrogens (tertiary/aromatic N) is 3. The van der Waals surface area contributed by atoms with E-state index in [1.54, 1.807) is 53.1 Å². The first kappa shape index (κ1) is 25.9. The van der Waals surface area contributed by atoms with Gasteiger partial charge in [0, 0.05) is 20.2 Å². The van der Waals surface area contributed by atoms with Crippen molar-refractivity contribution in [3.8, 4) is 5.75 Å². The number of sulfone groups is 1. The minimum absolute atomic E-state index is 0.0320. The maximum absolute atomic E-state index is 13.3. The number of imidazole rings is 1. The summed E-state index contributed by atoms with van der Waals surface area (Å²) in [5.41, 5.74) is 1.25. The molecule has 0 fully saturated rings. The zero-order valence-corrected chi connectivity index (χ0v) is 21.6. The summed E-state index contributed by atoms with van der Waals surface area (Å²) in [5.74, 6) is 0.546. The van der Waals surface area contributed by atoms with Crippen LogP contribution in [0.5, 0.6) is 5.75 Å². The summed E-state index contributed by atoms with van der Waals surface area (Å²) in [6, 6.07) is 10.6. The van der Waals surface area contributed by atoms with Gasteiger partial charge in [-0.25, -0.2) is 13.4 Å². The number of hydrogen-bond acceptors (Lipinski definition) is 7.